The average Bonchev–Trinajstić information content (AvgIpc) is 3.23. The minimum atomic E-state index is -4.87. The number of aromatic nitrogens is 2. The number of ether oxygens (including phenoxy) is 1. The summed E-state index contributed by atoms with van der Waals surface area (Å²) in [5, 5.41) is 11.4. The first-order valence-electron chi connectivity index (χ1n) is 9.58. The zero-order valence-electron chi connectivity index (χ0n) is 17.3. The largest absolute Gasteiger partial charge is 0.573 e. The Bertz CT molecular complexity index is 1250. The number of aryl methyl sites for hydroxylation is 2. The van der Waals surface area contributed by atoms with Gasteiger partial charge in [0.05, 0.1) is 27.2 Å². The van der Waals surface area contributed by atoms with Gasteiger partial charge in [0.25, 0.3) is 5.91 Å². The van der Waals surface area contributed by atoms with E-state index in [2.05, 4.69) is 14.7 Å². The maximum absolute atomic E-state index is 13.4. The Morgan fingerprint density at radius 2 is 1.88 bits per heavy atom. The van der Waals surface area contributed by atoms with Crippen LogP contribution in [0.3, 0.4) is 0 Å². The van der Waals surface area contributed by atoms with Crippen molar-refractivity contribution in [2.75, 3.05) is 4.90 Å². The number of amides is 1. The van der Waals surface area contributed by atoms with Crippen molar-refractivity contribution in [3.63, 3.8) is 0 Å². The Morgan fingerprint density at radius 3 is 2.42 bits per heavy atom. The summed E-state index contributed by atoms with van der Waals surface area (Å²) in [6.07, 6.45) is -1.91. The summed E-state index contributed by atoms with van der Waals surface area (Å²) in [6.45, 7) is 3.39. The van der Waals surface area contributed by atoms with Crippen LogP contribution in [0.4, 0.5) is 18.9 Å². The van der Waals surface area contributed by atoms with Crippen LogP contribution in [0.5, 0.6) is 5.75 Å². The molecule has 1 aliphatic heterocycles. The number of ketones is 1. The Morgan fingerprint density at radius 1 is 1.18 bits per heavy atom. The van der Waals surface area contributed by atoms with Gasteiger partial charge in [0.2, 0.25) is 5.78 Å². The van der Waals surface area contributed by atoms with Gasteiger partial charge in [-0.3, -0.25) is 19.5 Å². The van der Waals surface area contributed by atoms with Crippen molar-refractivity contribution >= 4 is 28.7 Å². The second-order valence-electron chi connectivity index (χ2n) is 7.14. The third-order valence-electron chi connectivity index (χ3n) is 4.91. The van der Waals surface area contributed by atoms with Crippen molar-refractivity contribution in [2.24, 2.45) is 0 Å². The fourth-order valence-electron chi connectivity index (χ4n) is 3.63. The Kier molecular flexibility index (Phi) is 5.66. The summed E-state index contributed by atoms with van der Waals surface area (Å²) >= 11 is 1.14. The second kappa shape index (κ2) is 8.32. The van der Waals surface area contributed by atoms with Crippen LogP contribution in [0, 0.1) is 13.8 Å². The van der Waals surface area contributed by atoms with Gasteiger partial charge in [-0.2, -0.15) is 0 Å². The molecule has 1 aromatic carbocycles. The SMILES string of the molecule is Cc1nc(C)c(C(=O)C2=C(O)C(=O)N(c3ccc(OC(F)(F)F)cc3)C2c2cccnc2)s1. The molecule has 1 amide bonds. The molecule has 1 unspecified atom stereocenters. The van der Waals surface area contributed by atoms with Crippen LogP contribution in [0.1, 0.15) is 32.0 Å². The van der Waals surface area contributed by atoms with Crippen molar-refractivity contribution in [2.45, 2.75) is 26.3 Å². The molecule has 0 saturated carbocycles. The molecule has 3 aromatic rings. The molecule has 170 valence electrons. The predicted octanol–water partition coefficient (Wildman–Crippen LogP) is 4.84. The first-order valence-corrected chi connectivity index (χ1v) is 10.4. The standard InChI is InChI=1S/C22H16F3N3O4S/c1-11-20(33-12(2)27-11)18(29)16-17(13-4-3-9-26-10-13)28(21(31)19(16)30)14-5-7-15(8-6-14)32-22(23,24)25/h3-10,17,30H,1-2H3. The number of carbonyl (C=O) groups excluding carboxylic acids is 2. The van der Waals surface area contributed by atoms with Crippen LogP contribution < -0.4 is 9.64 Å². The van der Waals surface area contributed by atoms with Crippen molar-refractivity contribution < 1.29 is 32.6 Å². The number of Topliss-reactive ketones (excluding diaryl/α,β-unsaturated/α-hetero) is 1. The number of hydrogen-bond donors (Lipinski definition) is 1. The zero-order valence-corrected chi connectivity index (χ0v) is 18.1. The number of rotatable bonds is 5. The van der Waals surface area contributed by atoms with E-state index < -0.39 is 35.6 Å². The van der Waals surface area contributed by atoms with E-state index in [1.807, 2.05) is 0 Å². The molecule has 11 heteroatoms. The van der Waals surface area contributed by atoms with Crippen LogP contribution >= 0.6 is 11.3 Å². The lowest BCUT2D eigenvalue weighted by Crippen LogP contribution is -2.31. The van der Waals surface area contributed by atoms with E-state index in [-0.39, 0.29) is 16.1 Å². The molecule has 0 saturated heterocycles. The molecule has 7 nitrogen and oxygen atoms in total. The smallest absolute Gasteiger partial charge is 0.503 e. The van der Waals surface area contributed by atoms with Crippen molar-refractivity contribution in [1.29, 1.82) is 0 Å². The molecule has 33 heavy (non-hydrogen) atoms. The fraction of sp³-hybridized carbons (Fsp3) is 0.182. The summed E-state index contributed by atoms with van der Waals surface area (Å²) in [5.41, 5.74) is 0.908. The van der Waals surface area contributed by atoms with E-state index in [4.69, 9.17) is 0 Å². The van der Waals surface area contributed by atoms with Crippen LogP contribution in [0.2, 0.25) is 0 Å². The zero-order chi connectivity index (χ0) is 23.9. The number of carbonyl (C=O) groups is 2. The molecule has 0 fully saturated rings. The molecule has 1 aliphatic rings. The molecule has 0 radical (unpaired) electrons. The number of anilines is 1. The quantitative estimate of drug-likeness (QED) is 0.531. The average molecular weight is 475 g/mol. The van der Waals surface area contributed by atoms with E-state index in [1.165, 1.54) is 24.5 Å². The number of hydrogen-bond acceptors (Lipinski definition) is 7. The molecule has 1 atom stereocenters. The summed E-state index contributed by atoms with van der Waals surface area (Å²) in [5.74, 6) is -2.64. The fourth-order valence-corrected chi connectivity index (χ4v) is 4.50. The number of halogens is 3. The number of aliphatic hydroxyl groups excluding tert-OH is 1. The van der Waals surface area contributed by atoms with Gasteiger partial charge in [0.15, 0.2) is 5.76 Å². The number of pyridine rings is 1. The third-order valence-corrected chi connectivity index (χ3v) is 5.98. The lowest BCUT2D eigenvalue weighted by Gasteiger charge is -2.26. The van der Waals surface area contributed by atoms with E-state index in [0.29, 0.717) is 16.3 Å². The van der Waals surface area contributed by atoms with Crippen molar-refractivity contribution in [1.82, 2.24) is 9.97 Å². The van der Waals surface area contributed by atoms with Gasteiger partial charge >= 0.3 is 6.36 Å². The molecular formula is C22H16F3N3O4S. The lowest BCUT2D eigenvalue weighted by molar-refractivity contribution is -0.274. The van der Waals surface area contributed by atoms with Gasteiger partial charge in [-0.15, -0.1) is 24.5 Å². The number of alkyl halides is 3. The minimum absolute atomic E-state index is 0.157. The Labute approximate surface area is 189 Å². The van der Waals surface area contributed by atoms with Crippen LogP contribution in [0.25, 0.3) is 0 Å². The van der Waals surface area contributed by atoms with E-state index >= 15 is 0 Å². The highest BCUT2D eigenvalue weighted by Gasteiger charge is 2.45. The van der Waals surface area contributed by atoms with Gasteiger partial charge in [0.1, 0.15) is 5.75 Å². The van der Waals surface area contributed by atoms with Crippen LogP contribution in [-0.2, 0) is 4.79 Å². The lowest BCUT2D eigenvalue weighted by atomic mass is 9.96. The molecule has 0 spiro atoms. The number of benzene rings is 1. The van der Waals surface area contributed by atoms with E-state index in [9.17, 15) is 27.9 Å². The van der Waals surface area contributed by atoms with Crippen molar-refractivity contribution in [3.8, 4) is 5.75 Å². The van der Waals surface area contributed by atoms with Crippen molar-refractivity contribution in [3.05, 3.63) is 81.3 Å². The van der Waals surface area contributed by atoms with Gasteiger partial charge in [-0.25, -0.2) is 4.98 Å². The first-order chi connectivity index (χ1) is 15.6. The van der Waals surface area contributed by atoms with Crippen LogP contribution in [-0.4, -0.2) is 33.1 Å². The van der Waals surface area contributed by atoms with Crippen LogP contribution in [0.15, 0.2) is 60.1 Å². The Balaban J connectivity index is 1.79. The molecule has 4 rings (SSSR count). The topological polar surface area (TPSA) is 92.6 Å². The molecule has 1 N–H and O–H groups in total. The summed E-state index contributed by atoms with van der Waals surface area (Å²) in [6, 6.07) is 6.77. The molecule has 3 heterocycles. The maximum atomic E-state index is 13.4. The normalized spacial score (nSPS) is 16.5. The molecule has 2 aromatic heterocycles. The first kappa shape index (κ1) is 22.5. The van der Waals surface area contributed by atoms with Gasteiger partial charge in [0, 0.05) is 18.1 Å². The highest BCUT2D eigenvalue weighted by atomic mass is 32.1. The number of nitrogens with zero attached hydrogens (tertiary/aromatic N) is 3. The van der Waals surface area contributed by atoms with E-state index in [0.717, 1.165) is 28.4 Å². The molecule has 0 aliphatic carbocycles. The number of aliphatic hydroxyl groups is 1. The molecular weight excluding hydrogens is 459 g/mol. The summed E-state index contributed by atoms with van der Waals surface area (Å²) < 4.78 is 41.4. The summed E-state index contributed by atoms with van der Waals surface area (Å²) in [7, 11) is 0. The highest BCUT2D eigenvalue weighted by molar-refractivity contribution is 7.14. The highest BCUT2D eigenvalue weighted by Crippen LogP contribution is 2.43. The van der Waals surface area contributed by atoms with Gasteiger partial charge in [-0.05, 0) is 49.7 Å². The van der Waals surface area contributed by atoms with Gasteiger partial charge < -0.3 is 9.84 Å². The maximum Gasteiger partial charge on any atom is 0.573 e. The second-order valence-corrected chi connectivity index (χ2v) is 8.35. The predicted molar refractivity (Wildman–Crippen MR) is 113 cm³/mol. The molecule has 0 bridgehead atoms. The Hall–Kier alpha value is -3.73. The van der Waals surface area contributed by atoms with Gasteiger partial charge in [-0.1, -0.05) is 6.07 Å². The monoisotopic (exact) mass is 475 g/mol. The third kappa shape index (κ3) is 4.31. The number of thiazole rings is 1. The summed E-state index contributed by atoms with van der Waals surface area (Å²) in [4.78, 5) is 36.2. The minimum Gasteiger partial charge on any atom is -0.503 e. The van der Waals surface area contributed by atoms with E-state index in [1.54, 1.807) is 26.0 Å².